The van der Waals surface area contributed by atoms with Gasteiger partial charge in [-0.1, -0.05) is 25.5 Å². The van der Waals surface area contributed by atoms with Crippen LogP contribution in [0.3, 0.4) is 0 Å². The van der Waals surface area contributed by atoms with Crippen LogP contribution in [0.2, 0.25) is 0 Å². The van der Waals surface area contributed by atoms with Crippen LogP contribution in [0.5, 0.6) is 0 Å². The molecule has 0 bridgehead atoms. The molecule has 2 N–H and O–H groups in total. The van der Waals surface area contributed by atoms with Gasteiger partial charge in [0.05, 0.1) is 37.5 Å². The average Bonchev–Trinajstić information content (AvgIpc) is 3.41. The Morgan fingerprint density at radius 1 is 1.14 bits per heavy atom. The lowest BCUT2D eigenvalue weighted by Gasteiger charge is -2.57. The highest BCUT2D eigenvalue weighted by atomic mass is 19.1. The second-order valence-corrected chi connectivity index (χ2v) is 14.7. The lowest BCUT2D eigenvalue weighted by Crippen LogP contribution is -2.66. The van der Waals surface area contributed by atoms with Gasteiger partial charge in [-0.05, 0) is 94.0 Å². The third-order valence-electron chi connectivity index (χ3n) is 11.3. The number of methoxy groups -OCH3 is 1. The van der Waals surface area contributed by atoms with E-state index >= 15 is 8.78 Å². The number of nitrogens with one attached hydrogen (secondary N) is 2. The van der Waals surface area contributed by atoms with Gasteiger partial charge in [-0.25, -0.2) is 18.0 Å². The van der Waals surface area contributed by atoms with Gasteiger partial charge in [0.25, 0.3) is 0 Å². The van der Waals surface area contributed by atoms with Crippen LogP contribution in [0.1, 0.15) is 62.6 Å². The summed E-state index contributed by atoms with van der Waals surface area (Å²) in [5, 5.41) is 15.6. The SMILES string of the molecule is COC(=O)N[C@H]1CCC[C@]1(C)[C@](CNC(C)=O)(c1cccc(F)c1)C1CCN(CC2(F)CN(c3ccc(C#N)c(CN(C)C)c3F)C2)CC1. The monoisotopic (exact) mass is 682 g/mol. The summed E-state index contributed by atoms with van der Waals surface area (Å²) >= 11 is 0. The molecule has 3 fully saturated rings. The van der Waals surface area contributed by atoms with Crippen molar-refractivity contribution in [1.29, 1.82) is 5.26 Å². The Morgan fingerprint density at radius 3 is 2.47 bits per heavy atom. The summed E-state index contributed by atoms with van der Waals surface area (Å²) < 4.78 is 51.6. The van der Waals surface area contributed by atoms with Gasteiger partial charge in [0, 0.05) is 43.6 Å². The summed E-state index contributed by atoms with van der Waals surface area (Å²) in [4.78, 5) is 30.5. The Morgan fingerprint density at radius 2 is 1.86 bits per heavy atom. The number of carbonyl (C=O) groups is 2. The van der Waals surface area contributed by atoms with Crippen LogP contribution in [0, 0.1) is 34.3 Å². The Balaban J connectivity index is 1.36. The summed E-state index contributed by atoms with van der Waals surface area (Å²) in [6.45, 7) is 5.61. The van der Waals surface area contributed by atoms with E-state index in [0.717, 1.165) is 24.8 Å². The van der Waals surface area contributed by atoms with Crippen LogP contribution in [-0.4, -0.2) is 94.0 Å². The van der Waals surface area contributed by atoms with Gasteiger partial charge in [0.2, 0.25) is 5.91 Å². The van der Waals surface area contributed by atoms with Gasteiger partial charge in [0.15, 0.2) is 11.5 Å². The molecule has 1 aliphatic carbocycles. The maximum absolute atomic E-state index is 16.2. The summed E-state index contributed by atoms with van der Waals surface area (Å²) in [5.74, 6) is -1.07. The summed E-state index contributed by atoms with van der Waals surface area (Å²) in [6, 6.07) is 11.5. The van der Waals surface area contributed by atoms with E-state index in [1.165, 1.54) is 20.1 Å². The Hall–Kier alpha value is -3.82. The Bertz CT molecular complexity index is 1570. The van der Waals surface area contributed by atoms with E-state index in [9.17, 15) is 19.2 Å². The van der Waals surface area contributed by atoms with Crippen molar-refractivity contribution < 1.29 is 27.5 Å². The summed E-state index contributed by atoms with van der Waals surface area (Å²) in [6.07, 6.45) is 3.14. The number of carbonyl (C=O) groups excluding carboxylic acids is 2. The fourth-order valence-corrected chi connectivity index (χ4v) is 8.96. The number of piperidine rings is 1. The highest BCUT2D eigenvalue weighted by Gasteiger charge is 2.60. The van der Waals surface area contributed by atoms with Gasteiger partial charge in [0.1, 0.15) is 5.82 Å². The third-order valence-corrected chi connectivity index (χ3v) is 11.3. The van der Waals surface area contributed by atoms with E-state index in [1.54, 1.807) is 48.2 Å². The summed E-state index contributed by atoms with van der Waals surface area (Å²) in [7, 11) is 4.94. The number of amides is 2. The maximum atomic E-state index is 16.2. The number of rotatable bonds is 11. The van der Waals surface area contributed by atoms with Crippen molar-refractivity contribution in [2.75, 3.05) is 65.4 Å². The smallest absolute Gasteiger partial charge is 0.407 e. The minimum Gasteiger partial charge on any atom is -0.453 e. The fraction of sp³-hybridized carbons (Fsp3) is 0.595. The molecule has 5 rings (SSSR count). The largest absolute Gasteiger partial charge is 0.453 e. The first-order chi connectivity index (χ1) is 23.2. The van der Waals surface area contributed by atoms with Crippen molar-refractivity contribution in [2.45, 2.75) is 69.6 Å². The van der Waals surface area contributed by atoms with E-state index in [2.05, 4.69) is 28.5 Å². The normalized spacial score (nSPS) is 23.8. The number of likely N-dealkylation sites (tertiary alicyclic amines) is 1. The van der Waals surface area contributed by atoms with Crippen LogP contribution in [0.4, 0.5) is 23.7 Å². The third kappa shape index (κ3) is 7.24. The van der Waals surface area contributed by atoms with Gasteiger partial charge in [-0.2, -0.15) is 5.26 Å². The van der Waals surface area contributed by atoms with Crippen LogP contribution in [-0.2, 0) is 21.5 Å². The first-order valence-electron chi connectivity index (χ1n) is 17.1. The molecule has 12 heteroatoms. The molecule has 1 saturated carbocycles. The number of alkyl halides is 1. The molecule has 49 heavy (non-hydrogen) atoms. The molecule has 2 amide bonds. The predicted molar refractivity (Wildman–Crippen MR) is 182 cm³/mol. The molecule has 9 nitrogen and oxygen atoms in total. The van der Waals surface area contributed by atoms with Crippen LogP contribution in [0.15, 0.2) is 36.4 Å². The van der Waals surface area contributed by atoms with Crippen molar-refractivity contribution in [3.63, 3.8) is 0 Å². The zero-order valence-corrected chi connectivity index (χ0v) is 29.3. The average molecular weight is 683 g/mol. The first-order valence-corrected chi connectivity index (χ1v) is 17.1. The van der Waals surface area contributed by atoms with Crippen LogP contribution >= 0.6 is 0 Å². The van der Waals surface area contributed by atoms with Gasteiger partial charge in [-0.15, -0.1) is 0 Å². The number of hydrogen-bond donors (Lipinski definition) is 2. The van der Waals surface area contributed by atoms with E-state index in [4.69, 9.17) is 4.74 Å². The topological polar surface area (TPSA) is 101 Å². The minimum atomic E-state index is -1.53. The van der Waals surface area contributed by atoms with E-state index in [-0.39, 0.29) is 62.0 Å². The van der Waals surface area contributed by atoms with Gasteiger partial charge >= 0.3 is 6.09 Å². The minimum absolute atomic E-state index is 0.0150. The maximum Gasteiger partial charge on any atom is 0.407 e. The molecule has 2 aromatic rings. The number of alkyl carbamates (subject to hydrolysis) is 1. The van der Waals surface area contributed by atoms with Gasteiger partial charge in [-0.3, -0.25) is 9.69 Å². The highest BCUT2D eigenvalue weighted by molar-refractivity contribution is 5.73. The van der Waals surface area contributed by atoms with Crippen molar-refractivity contribution >= 4 is 17.7 Å². The molecule has 0 aromatic heterocycles. The molecule has 2 aromatic carbocycles. The molecule has 2 heterocycles. The number of benzene rings is 2. The fourth-order valence-electron chi connectivity index (χ4n) is 8.96. The quantitative estimate of drug-likeness (QED) is 0.339. The second-order valence-electron chi connectivity index (χ2n) is 14.7. The molecule has 0 radical (unpaired) electrons. The lowest BCUT2D eigenvalue weighted by molar-refractivity contribution is -0.120. The zero-order chi connectivity index (χ0) is 35.6. The number of nitrogens with zero attached hydrogens (tertiary/aromatic N) is 4. The highest BCUT2D eigenvalue weighted by Crippen LogP contribution is 2.58. The molecule has 0 spiro atoms. The molecule has 3 atom stereocenters. The van der Waals surface area contributed by atoms with E-state index < -0.39 is 28.4 Å². The lowest BCUT2D eigenvalue weighted by atomic mass is 9.51. The van der Waals surface area contributed by atoms with E-state index in [1.807, 2.05) is 6.07 Å². The first kappa shape index (κ1) is 36.5. The van der Waals surface area contributed by atoms with Crippen molar-refractivity contribution in [3.05, 3.63) is 64.7 Å². The number of halogens is 3. The second kappa shape index (κ2) is 14.6. The Kier molecular flexibility index (Phi) is 10.8. The molecular formula is C37H49F3N6O3. The molecule has 2 aliphatic heterocycles. The molecule has 0 unspecified atom stereocenters. The number of hydrogen-bond acceptors (Lipinski definition) is 7. The molecule has 3 aliphatic rings. The van der Waals surface area contributed by atoms with E-state index in [0.29, 0.717) is 37.2 Å². The number of ether oxygens (including phenoxy) is 1. The van der Waals surface area contributed by atoms with Crippen LogP contribution < -0.4 is 15.5 Å². The Labute approximate surface area is 287 Å². The van der Waals surface area contributed by atoms with Crippen molar-refractivity contribution in [1.82, 2.24) is 20.4 Å². The van der Waals surface area contributed by atoms with Crippen molar-refractivity contribution in [3.8, 4) is 6.07 Å². The molecule has 266 valence electrons. The molecule has 2 saturated heterocycles. The standard InChI is InChI=1S/C37H49F3N6O3/c1-25(47)42-21-37(28-8-6-9-29(38)18-28,35(2)15-7-10-32(35)43-34(48)49-5)27-13-16-45(17-14-27)22-36(40)23-46(24-36)31-12-11-26(19-41)30(33(31)39)20-44(3)4/h6,8-9,11-12,18,27,32H,7,10,13-17,20-24H2,1-5H3,(H,42,47)(H,43,48)/t32-,35-,37-/m0/s1. The van der Waals surface area contributed by atoms with Crippen molar-refractivity contribution in [2.24, 2.45) is 11.3 Å². The number of nitriles is 1. The predicted octanol–water partition coefficient (Wildman–Crippen LogP) is 5.13. The number of anilines is 1. The molecular weight excluding hydrogens is 633 g/mol. The van der Waals surface area contributed by atoms with Crippen LogP contribution in [0.25, 0.3) is 0 Å². The summed E-state index contributed by atoms with van der Waals surface area (Å²) in [5.41, 5.74) is -1.17. The van der Waals surface area contributed by atoms with Gasteiger partial charge < -0.3 is 25.2 Å². The zero-order valence-electron chi connectivity index (χ0n) is 29.3.